The molecule has 1 heterocycles. The van der Waals surface area contributed by atoms with Gasteiger partial charge in [0.25, 0.3) is 5.91 Å². The number of anilines is 1. The van der Waals surface area contributed by atoms with Gasteiger partial charge in [-0.1, -0.05) is 36.4 Å². The lowest BCUT2D eigenvalue weighted by Crippen LogP contribution is -2.32. The van der Waals surface area contributed by atoms with E-state index >= 15 is 0 Å². The van der Waals surface area contributed by atoms with Crippen LogP contribution in [-0.2, 0) is 16.0 Å². The minimum Gasteiger partial charge on any atom is -0.376 e. The number of hydrogen-bond donors (Lipinski definition) is 3. The van der Waals surface area contributed by atoms with Gasteiger partial charge in [0.2, 0.25) is 5.91 Å². The van der Waals surface area contributed by atoms with Crippen molar-refractivity contribution in [1.29, 1.82) is 0 Å². The molecule has 3 N–H and O–H groups in total. The summed E-state index contributed by atoms with van der Waals surface area (Å²) < 4.78 is 5.52. The molecule has 0 spiro atoms. The number of benzene rings is 2. The SMILES string of the molecule is O=C(CNc1cccc(C(=O)NCC2CCCO2)c1)NCCc1ccccc1. The third-order valence-corrected chi connectivity index (χ3v) is 4.67. The first-order valence-electron chi connectivity index (χ1n) is 9.75. The number of carbonyl (C=O) groups is 2. The van der Waals surface area contributed by atoms with E-state index in [9.17, 15) is 9.59 Å². The molecular formula is C22H27N3O3. The average molecular weight is 381 g/mol. The van der Waals surface area contributed by atoms with E-state index in [4.69, 9.17) is 4.74 Å². The maximum absolute atomic E-state index is 12.3. The second-order valence-corrected chi connectivity index (χ2v) is 6.86. The van der Waals surface area contributed by atoms with Crippen molar-refractivity contribution in [1.82, 2.24) is 10.6 Å². The molecule has 1 aliphatic rings. The molecule has 2 aromatic rings. The maximum atomic E-state index is 12.3. The van der Waals surface area contributed by atoms with Crippen LogP contribution in [-0.4, -0.2) is 44.2 Å². The van der Waals surface area contributed by atoms with Crippen LogP contribution in [0.25, 0.3) is 0 Å². The standard InChI is InChI=1S/C22H27N3O3/c26-21(23-12-11-17-6-2-1-3-7-17)16-24-19-9-4-8-18(14-19)22(27)25-15-20-10-5-13-28-20/h1-4,6-9,14,20,24H,5,10-13,15-16H2,(H,23,26)(H,25,27). The summed E-state index contributed by atoms with van der Waals surface area (Å²) in [4.78, 5) is 24.3. The molecule has 1 saturated heterocycles. The summed E-state index contributed by atoms with van der Waals surface area (Å²) >= 11 is 0. The lowest BCUT2D eigenvalue weighted by Gasteiger charge is -2.12. The van der Waals surface area contributed by atoms with Crippen molar-refractivity contribution in [3.8, 4) is 0 Å². The molecule has 2 amide bonds. The molecule has 1 atom stereocenters. The smallest absolute Gasteiger partial charge is 0.251 e. The predicted molar refractivity (Wildman–Crippen MR) is 109 cm³/mol. The molecule has 1 unspecified atom stereocenters. The monoisotopic (exact) mass is 381 g/mol. The van der Waals surface area contributed by atoms with Crippen molar-refractivity contribution in [3.05, 3.63) is 65.7 Å². The van der Waals surface area contributed by atoms with Gasteiger partial charge in [-0.3, -0.25) is 9.59 Å². The first-order chi connectivity index (χ1) is 13.7. The molecule has 3 rings (SSSR count). The maximum Gasteiger partial charge on any atom is 0.251 e. The largest absolute Gasteiger partial charge is 0.376 e. The second-order valence-electron chi connectivity index (χ2n) is 6.86. The third kappa shape index (κ3) is 6.39. The topological polar surface area (TPSA) is 79.5 Å². The van der Waals surface area contributed by atoms with Gasteiger partial charge in [0.15, 0.2) is 0 Å². The van der Waals surface area contributed by atoms with Crippen molar-refractivity contribution in [3.63, 3.8) is 0 Å². The lowest BCUT2D eigenvalue weighted by molar-refractivity contribution is -0.119. The van der Waals surface area contributed by atoms with Crippen LogP contribution in [0.3, 0.4) is 0 Å². The van der Waals surface area contributed by atoms with Gasteiger partial charge in [-0.2, -0.15) is 0 Å². The van der Waals surface area contributed by atoms with E-state index in [0.29, 0.717) is 18.7 Å². The van der Waals surface area contributed by atoms with Crippen molar-refractivity contribution in [2.24, 2.45) is 0 Å². The van der Waals surface area contributed by atoms with Crippen molar-refractivity contribution < 1.29 is 14.3 Å². The van der Waals surface area contributed by atoms with Crippen LogP contribution in [0.1, 0.15) is 28.8 Å². The molecule has 2 aromatic carbocycles. The first-order valence-corrected chi connectivity index (χ1v) is 9.75. The van der Waals surface area contributed by atoms with Crippen molar-refractivity contribution >= 4 is 17.5 Å². The fraction of sp³-hybridized carbons (Fsp3) is 0.364. The Bertz CT molecular complexity index is 774. The van der Waals surface area contributed by atoms with Crippen molar-refractivity contribution in [2.75, 3.05) is 31.6 Å². The van der Waals surface area contributed by atoms with Gasteiger partial charge in [-0.15, -0.1) is 0 Å². The highest BCUT2D eigenvalue weighted by Gasteiger charge is 2.16. The van der Waals surface area contributed by atoms with E-state index in [0.717, 1.165) is 31.6 Å². The second kappa shape index (κ2) is 10.5. The number of hydrogen-bond acceptors (Lipinski definition) is 4. The number of rotatable bonds is 9. The lowest BCUT2D eigenvalue weighted by atomic mass is 10.1. The van der Waals surface area contributed by atoms with Crippen LogP contribution < -0.4 is 16.0 Å². The van der Waals surface area contributed by atoms with E-state index in [1.807, 2.05) is 36.4 Å². The zero-order chi connectivity index (χ0) is 19.6. The van der Waals surface area contributed by atoms with Crippen molar-refractivity contribution in [2.45, 2.75) is 25.4 Å². The molecule has 1 fully saturated rings. The van der Waals surface area contributed by atoms with Gasteiger partial charge in [0.1, 0.15) is 0 Å². The number of amides is 2. The zero-order valence-corrected chi connectivity index (χ0v) is 15.9. The highest BCUT2D eigenvalue weighted by Crippen LogP contribution is 2.12. The normalized spacial score (nSPS) is 15.8. The van der Waals surface area contributed by atoms with Gasteiger partial charge < -0.3 is 20.7 Å². The fourth-order valence-corrected chi connectivity index (χ4v) is 3.12. The van der Waals surface area contributed by atoms with Crippen LogP contribution in [0.15, 0.2) is 54.6 Å². The van der Waals surface area contributed by atoms with Crippen LogP contribution >= 0.6 is 0 Å². The summed E-state index contributed by atoms with van der Waals surface area (Å²) in [6, 6.07) is 17.2. The minimum absolute atomic E-state index is 0.0795. The molecule has 0 saturated carbocycles. The van der Waals surface area contributed by atoms with Gasteiger partial charge in [0.05, 0.1) is 12.6 Å². The Labute approximate surface area is 165 Å². The van der Waals surface area contributed by atoms with E-state index in [1.54, 1.807) is 18.2 Å². The summed E-state index contributed by atoms with van der Waals surface area (Å²) in [7, 11) is 0. The highest BCUT2D eigenvalue weighted by molar-refractivity contribution is 5.95. The van der Waals surface area contributed by atoms with Crippen LogP contribution in [0.4, 0.5) is 5.69 Å². The Morgan fingerprint density at radius 2 is 1.89 bits per heavy atom. The predicted octanol–water partition coefficient (Wildman–Crippen LogP) is 2.37. The van der Waals surface area contributed by atoms with E-state index in [2.05, 4.69) is 16.0 Å². The van der Waals surface area contributed by atoms with E-state index in [1.165, 1.54) is 5.56 Å². The van der Waals surface area contributed by atoms with Gasteiger partial charge in [-0.05, 0) is 43.0 Å². The quantitative estimate of drug-likeness (QED) is 0.623. The molecular weight excluding hydrogens is 354 g/mol. The number of carbonyl (C=O) groups excluding carboxylic acids is 2. The zero-order valence-electron chi connectivity index (χ0n) is 15.9. The minimum atomic E-state index is -0.133. The number of nitrogens with one attached hydrogen (secondary N) is 3. The Hall–Kier alpha value is -2.86. The molecule has 0 bridgehead atoms. The molecule has 1 aliphatic heterocycles. The number of ether oxygens (including phenoxy) is 1. The molecule has 0 radical (unpaired) electrons. The molecule has 28 heavy (non-hydrogen) atoms. The summed E-state index contributed by atoms with van der Waals surface area (Å²) in [5, 5.41) is 8.87. The molecule has 0 aromatic heterocycles. The van der Waals surface area contributed by atoms with Crippen LogP contribution in [0.5, 0.6) is 0 Å². The van der Waals surface area contributed by atoms with Gasteiger partial charge >= 0.3 is 0 Å². The fourth-order valence-electron chi connectivity index (χ4n) is 3.12. The summed E-state index contributed by atoms with van der Waals surface area (Å²) in [6.45, 7) is 2.06. The van der Waals surface area contributed by atoms with Gasteiger partial charge in [-0.25, -0.2) is 0 Å². The summed E-state index contributed by atoms with van der Waals surface area (Å²) in [6.07, 6.45) is 2.95. The molecule has 6 heteroatoms. The van der Waals surface area contributed by atoms with E-state index < -0.39 is 0 Å². The Morgan fingerprint density at radius 1 is 1.04 bits per heavy atom. The first kappa shape index (κ1) is 19.9. The Kier molecular flexibility index (Phi) is 7.44. The highest BCUT2D eigenvalue weighted by atomic mass is 16.5. The average Bonchev–Trinajstić information content (AvgIpc) is 3.25. The third-order valence-electron chi connectivity index (χ3n) is 4.67. The van der Waals surface area contributed by atoms with Crippen LogP contribution in [0.2, 0.25) is 0 Å². The molecule has 148 valence electrons. The summed E-state index contributed by atoms with van der Waals surface area (Å²) in [5.41, 5.74) is 2.49. The molecule has 6 nitrogen and oxygen atoms in total. The Balaban J connectivity index is 1.39. The van der Waals surface area contributed by atoms with E-state index in [-0.39, 0.29) is 24.5 Å². The van der Waals surface area contributed by atoms with Crippen LogP contribution in [0, 0.1) is 0 Å². The summed E-state index contributed by atoms with van der Waals surface area (Å²) in [5.74, 6) is -0.212. The van der Waals surface area contributed by atoms with Gasteiger partial charge in [0, 0.05) is 30.9 Å². The Morgan fingerprint density at radius 3 is 2.68 bits per heavy atom. The molecule has 0 aliphatic carbocycles.